The second-order valence-electron chi connectivity index (χ2n) is 2.98. The van der Waals surface area contributed by atoms with Crippen molar-refractivity contribution in [3.63, 3.8) is 0 Å². The van der Waals surface area contributed by atoms with E-state index >= 15 is 0 Å². The van der Waals surface area contributed by atoms with Crippen molar-refractivity contribution in [3.8, 4) is 0 Å². The van der Waals surface area contributed by atoms with Crippen molar-refractivity contribution >= 4 is 18.2 Å². The van der Waals surface area contributed by atoms with Crippen molar-refractivity contribution in [2.24, 2.45) is 0 Å². The third-order valence-corrected chi connectivity index (χ3v) is 1.91. The van der Waals surface area contributed by atoms with Crippen LogP contribution in [0.1, 0.15) is 23.7 Å². The van der Waals surface area contributed by atoms with E-state index in [1.54, 1.807) is 6.92 Å². The summed E-state index contributed by atoms with van der Waals surface area (Å²) in [5.41, 5.74) is -0.589. The van der Waals surface area contributed by atoms with Gasteiger partial charge in [-0.25, -0.2) is 0 Å². The number of benzene rings is 1. The molecule has 0 saturated carbocycles. The number of carbonyl (C=O) groups excluding carboxylic acids is 1. The summed E-state index contributed by atoms with van der Waals surface area (Å²) < 4.78 is 36.9. The molecule has 0 spiro atoms. The van der Waals surface area contributed by atoms with Gasteiger partial charge in [-0.2, -0.15) is 0 Å². The normalized spacial score (nSPS) is 11.4. The number of Topliss-reactive ketones (excluding diaryl/α,β-unsaturated/α-hetero) is 1. The van der Waals surface area contributed by atoms with E-state index in [1.165, 1.54) is 12.1 Å². The number of ketones is 1. The van der Waals surface area contributed by atoms with E-state index in [9.17, 15) is 17.7 Å². The molecule has 0 atom stereocenters. The molecule has 0 heterocycles. The molecule has 0 aromatic heterocycles. The molecule has 1 aromatic rings. The predicted octanol–water partition coefficient (Wildman–Crippen LogP) is 2.33. The Morgan fingerprint density at radius 1 is 1.36 bits per heavy atom. The first-order valence-electron chi connectivity index (χ1n) is 4.28. The van der Waals surface area contributed by atoms with Crippen molar-refractivity contribution in [2.75, 3.05) is 0 Å². The highest BCUT2D eigenvalue weighted by molar-refractivity contribution is 6.73. The Labute approximate surface area is 80.0 Å². The van der Waals surface area contributed by atoms with Gasteiger partial charge in [-0.3, -0.25) is 4.79 Å². The molecule has 1 rings (SSSR count). The summed E-state index contributed by atoms with van der Waals surface area (Å²) in [7, 11) is 0. The zero-order valence-corrected chi connectivity index (χ0v) is 7.64. The maximum atomic E-state index is 12.3. The molecule has 0 aliphatic carbocycles. The van der Waals surface area contributed by atoms with E-state index in [4.69, 9.17) is 0 Å². The van der Waals surface area contributed by atoms with Gasteiger partial charge in [-0.1, -0.05) is 31.2 Å². The van der Waals surface area contributed by atoms with Gasteiger partial charge in [-0.05, 0) is 0 Å². The van der Waals surface area contributed by atoms with E-state index in [2.05, 4.69) is 0 Å². The van der Waals surface area contributed by atoms with Gasteiger partial charge in [0.1, 0.15) is 0 Å². The number of halogens is 3. The minimum absolute atomic E-state index is 0.129. The number of carbonyl (C=O) groups is 1. The average Bonchev–Trinajstić information content (AvgIpc) is 2.15. The van der Waals surface area contributed by atoms with Gasteiger partial charge in [0.15, 0.2) is 5.78 Å². The van der Waals surface area contributed by atoms with Crippen LogP contribution in [0.3, 0.4) is 0 Å². The summed E-state index contributed by atoms with van der Waals surface area (Å²) in [4.78, 5) is 11.1. The van der Waals surface area contributed by atoms with Crippen molar-refractivity contribution in [1.29, 1.82) is 0 Å². The van der Waals surface area contributed by atoms with Crippen molar-refractivity contribution in [2.45, 2.75) is 13.3 Å². The molecule has 5 heteroatoms. The molecule has 0 saturated heterocycles. The van der Waals surface area contributed by atoms with Crippen LogP contribution in [0.5, 0.6) is 0 Å². The zero-order chi connectivity index (χ0) is 10.8. The van der Waals surface area contributed by atoms with Crippen LogP contribution in [-0.2, 0) is 0 Å². The quantitative estimate of drug-likeness (QED) is 0.541. The van der Waals surface area contributed by atoms with Crippen LogP contribution in [0.2, 0.25) is 0 Å². The molecule has 76 valence electrons. The summed E-state index contributed by atoms with van der Waals surface area (Å²) in [6, 6.07) is 4.54. The first-order valence-corrected chi connectivity index (χ1v) is 4.28. The summed E-state index contributed by atoms with van der Waals surface area (Å²) in [5.74, 6) is -0.271. The molecule has 0 fully saturated rings. The zero-order valence-electron chi connectivity index (χ0n) is 7.64. The SMILES string of the molecule is CCC(=O)c1cccc([B-](F)(F)F)c1. The standard InChI is InChI=1S/C9H9BF3O/c1-2-9(14)7-4-3-5-8(6-7)10(11,12)13/h3-6H,2H2,1H3/q-1. The lowest BCUT2D eigenvalue weighted by atomic mass is 9.79. The third kappa shape index (κ3) is 2.37. The Balaban J connectivity index is 3.08. The first-order chi connectivity index (χ1) is 6.45. The predicted molar refractivity (Wildman–Crippen MR) is 49.8 cm³/mol. The average molecular weight is 201 g/mol. The molecular weight excluding hydrogens is 192 g/mol. The molecule has 0 aliphatic rings. The van der Waals surface area contributed by atoms with Gasteiger partial charge in [0.05, 0.1) is 0 Å². The highest BCUT2D eigenvalue weighted by atomic mass is 19.4. The molecule has 0 N–H and O–H groups in total. The molecule has 0 unspecified atom stereocenters. The van der Waals surface area contributed by atoms with Crippen LogP contribution in [0.25, 0.3) is 0 Å². The monoisotopic (exact) mass is 201 g/mol. The summed E-state index contributed by atoms with van der Waals surface area (Å²) in [5, 5.41) is 0. The topological polar surface area (TPSA) is 17.1 Å². The Bertz CT molecular complexity index is 346. The van der Waals surface area contributed by atoms with Gasteiger partial charge >= 0.3 is 6.98 Å². The van der Waals surface area contributed by atoms with Crippen LogP contribution < -0.4 is 5.46 Å². The van der Waals surface area contributed by atoms with Gasteiger partial charge in [0.25, 0.3) is 0 Å². The molecule has 0 aliphatic heterocycles. The lowest BCUT2D eigenvalue weighted by molar-refractivity contribution is 0.0988. The van der Waals surface area contributed by atoms with Crippen molar-refractivity contribution in [1.82, 2.24) is 0 Å². The highest BCUT2D eigenvalue weighted by Crippen LogP contribution is 2.10. The van der Waals surface area contributed by atoms with E-state index in [-0.39, 0.29) is 17.8 Å². The smallest absolute Gasteiger partial charge is 0.445 e. The Hall–Kier alpha value is -1.26. The van der Waals surface area contributed by atoms with Crippen LogP contribution >= 0.6 is 0 Å². The third-order valence-electron chi connectivity index (χ3n) is 1.91. The maximum absolute atomic E-state index is 12.3. The van der Waals surface area contributed by atoms with E-state index in [0.29, 0.717) is 0 Å². The van der Waals surface area contributed by atoms with Gasteiger partial charge in [0, 0.05) is 12.0 Å². The number of hydrogen-bond acceptors (Lipinski definition) is 1. The minimum atomic E-state index is -5.01. The lowest BCUT2D eigenvalue weighted by Crippen LogP contribution is -2.34. The number of hydrogen-bond donors (Lipinski definition) is 0. The molecule has 1 nitrogen and oxygen atoms in total. The van der Waals surface area contributed by atoms with Crippen LogP contribution in [0, 0.1) is 0 Å². The molecule has 0 radical (unpaired) electrons. The van der Waals surface area contributed by atoms with Crippen molar-refractivity contribution < 1.29 is 17.7 Å². The van der Waals surface area contributed by atoms with Crippen molar-refractivity contribution in [3.05, 3.63) is 29.8 Å². The van der Waals surface area contributed by atoms with Gasteiger partial charge < -0.3 is 12.9 Å². The van der Waals surface area contributed by atoms with Gasteiger partial charge in [-0.15, -0.1) is 5.46 Å². The molecular formula is C9H9BF3O-. The minimum Gasteiger partial charge on any atom is -0.445 e. The van der Waals surface area contributed by atoms with Crippen LogP contribution in [0.15, 0.2) is 24.3 Å². The van der Waals surface area contributed by atoms with E-state index < -0.39 is 12.4 Å². The fraction of sp³-hybridized carbons (Fsp3) is 0.222. The van der Waals surface area contributed by atoms with E-state index in [1.807, 2.05) is 0 Å². The highest BCUT2D eigenvalue weighted by Gasteiger charge is 2.25. The maximum Gasteiger partial charge on any atom is 0.509 e. The lowest BCUT2D eigenvalue weighted by Gasteiger charge is -2.15. The number of rotatable bonds is 3. The fourth-order valence-corrected chi connectivity index (χ4v) is 1.12. The second-order valence-corrected chi connectivity index (χ2v) is 2.98. The molecule has 1 aromatic carbocycles. The van der Waals surface area contributed by atoms with Crippen LogP contribution in [0.4, 0.5) is 12.9 Å². The molecule has 0 amide bonds. The Morgan fingerprint density at radius 3 is 2.50 bits per heavy atom. The van der Waals surface area contributed by atoms with Gasteiger partial charge in [0.2, 0.25) is 0 Å². The molecule has 0 bridgehead atoms. The second kappa shape index (κ2) is 3.86. The summed E-state index contributed by atoms with van der Waals surface area (Å²) in [6.07, 6.45) is 0.217. The fourth-order valence-electron chi connectivity index (χ4n) is 1.12. The molecule has 14 heavy (non-hydrogen) atoms. The van der Waals surface area contributed by atoms with Crippen LogP contribution in [-0.4, -0.2) is 12.8 Å². The Kier molecular flexibility index (Phi) is 2.98. The summed E-state index contributed by atoms with van der Waals surface area (Å²) in [6.45, 7) is -3.39. The summed E-state index contributed by atoms with van der Waals surface area (Å²) >= 11 is 0. The van der Waals surface area contributed by atoms with E-state index in [0.717, 1.165) is 12.1 Å². The largest absolute Gasteiger partial charge is 0.509 e. The Morgan fingerprint density at radius 2 is 2.00 bits per heavy atom. The first kappa shape index (κ1) is 10.8.